The van der Waals surface area contributed by atoms with Gasteiger partial charge in [0.2, 0.25) is 0 Å². The Hall–Kier alpha value is -3.63. The lowest BCUT2D eigenvalue weighted by atomic mass is 10.2. The Balaban J connectivity index is 0.00000141. The Morgan fingerprint density at radius 1 is 1.09 bits per heavy atom. The highest BCUT2D eigenvalue weighted by molar-refractivity contribution is 5.50. The average Bonchev–Trinajstić information content (AvgIpc) is 3.38. The molecule has 7 nitrogen and oxygen atoms in total. The van der Waals surface area contributed by atoms with Crippen molar-refractivity contribution >= 4 is 5.82 Å². The predicted octanol–water partition coefficient (Wildman–Crippen LogP) is 4.26. The fourth-order valence-corrected chi connectivity index (χ4v) is 3.10. The Kier molecular flexibility index (Phi) is 8.84. The van der Waals surface area contributed by atoms with Gasteiger partial charge in [0, 0.05) is 30.5 Å². The van der Waals surface area contributed by atoms with Crippen LogP contribution in [-0.2, 0) is 0 Å². The minimum absolute atomic E-state index is 0.385. The standard InChI is InChI=1S/C23H23N5O2.C2H6/c1-29-20-8-10-21(11-9-20)30-23-22(26-15-18-5-3-13-25-18)27-16-19(28-23)7-6-17-4-2-12-24-14-17;1-2/h2,4,8-12,14,16,18,25H,3,5,13,15H2,1H3,(H,26,27);1-2H3. The van der Waals surface area contributed by atoms with E-state index in [2.05, 4.69) is 37.4 Å². The highest BCUT2D eigenvalue weighted by atomic mass is 16.5. The molecule has 32 heavy (non-hydrogen) atoms. The Morgan fingerprint density at radius 3 is 2.59 bits per heavy atom. The number of nitrogens with zero attached hydrogens (tertiary/aromatic N) is 3. The molecule has 0 bridgehead atoms. The van der Waals surface area contributed by atoms with Crippen LogP contribution in [0.15, 0.2) is 55.0 Å². The molecule has 0 amide bonds. The second kappa shape index (κ2) is 12.3. The topological polar surface area (TPSA) is 81.2 Å². The summed E-state index contributed by atoms with van der Waals surface area (Å²) in [6, 6.07) is 11.5. The normalized spacial score (nSPS) is 14.4. The van der Waals surface area contributed by atoms with E-state index >= 15 is 0 Å². The van der Waals surface area contributed by atoms with E-state index < -0.39 is 0 Å². The average molecular weight is 432 g/mol. The van der Waals surface area contributed by atoms with Gasteiger partial charge in [0.25, 0.3) is 5.88 Å². The van der Waals surface area contributed by atoms with E-state index in [1.54, 1.807) is 25.7 Å². The van der Waals surface area contributed by atoms with Crippen LogP contribution in [0.5, 0.6) is 17.4 Å². The maximum absolute atomic E-state index is 6.02. The summed E-state index contributed by atoms with van der Waals surface area (Å²) in [6.07, 6.45) is 7.40. The van der Waals surface area contributed by atoms with E-state index in [1.165, 1.54) is 6.42 Å². The van der Waals surface area contributed by atoms with Gasteiger partial charge in [-0.25, -0.2) is 4.98 Å². The van der Waals surface area contributed by atoms with Gasteiger partial charge in [0.1, 0.15) is 17.2 Å². The molecule has 1 aromatic carbocycles. The molecule has 3 aromatic rings. The molecule has 7 heteroatoms. The highest BCUT2D eigenvalue weighted by Gasteiger charge is 2.16. The van der Waals surface area contributed by atoms with Crippen LogP contribution in [0.4, 0.5) is 5.82 Å². The van der Waals surface area contributed by atoms with Crippen molar-refractivity contribution in [3.8, 4) is 29.2 Å². The lowest BCUT2D eigenvalue weighted by Crippen LogP contribution is -2.29. The first kappa shape index (κ1) is 23.0. The maximum Gasteiger partial charge on any atom is 0.264 e. The van der Waals surface area contributed by atoms with Gasteiger partial charge in [-0.1, -0.05) is 19.8 Å². The van der Waals surface area contributed by atoms with Gasteiger partial charge < -0.3 is 20.1 Å². The first-order valence-corrected chi connectivity index (χ1v) is 10.9. The molecule has 2 N–H and O–H groups in total. The van der Waals surface area contributed by atoms with E-state index in [9.17, 15) is 0 Å². The summed E-state index contributed by atoms with van der Waals surface area (Å²) in [5, 5.41) is 6.82. The molecule has 0 spiro atoms. The SMILES string of the molecule is CC.COc1ccc(Oc2nc(C#Cc3cccnc3)cnc2NCC2CCCN2)cc1. The summed E-state index contributed by atoms with van der Waals surface area (Å²) < 4.78 is 11.2. The zero-order valence-electron chi connectivity index (χ0n) is 18.8. The molecule has 0 aliphatic carbocycles. The maximum atomic E-state index is 6.02. The summed E-state index contributed by atoms with van der Waals surface area (Å²) in [6.45, 7) is 5.81. The zero-order chi connectivity index (χ0) is 22.6. The van der Waals surface area contributed by atoms with E-state index in [1.807, 2.05) is 50.2 Å². The lowest BCUT2D eigenvalue weighted by molar-refractivity contribution is 0.412. The number of nitrogens with one attached hydrogen (secondary N) is 2. The fourth-order valence-electron chi connectivity index (χ4n) is 3.10. The molecule has 2 aromatic heterocycles. The van der Waals surface area contributed by atoms with Gasteiger partial charge in [-0.05, 0) is 61.7 Å². The number of hydrogen-bond acceptors (Lipinski definition) is 7. The summed E-state index contributed by atoms with van der Waals surface area (Å²) in [4.78, 5) is 13.2. The third kappa shape index (κ3) is 6.69. The Bertz CT molecular complexity index is 1020. The van der Waals surface area contributed by atoms with Crippen molar-refractivity contribution in [1.29, 1.82) is 0 Å². The number of pyridine rings is 1. The number of benzene rings is 1. The van der Waals surface area contributed by atoms with Gasteiger partial charge in [-0.15, -0.1) is 0 Å². The number of anilines is 1. The smallest absolute Gasteiger partial charge is 0.264 e. The van der Waals surface area contributed by atoms with Crippen LogP contribution in [0.1, 0.15) is 37.9 Å². The molecule has 1 unspecified atom stereocenters. The first-order valence-electron chi connectivity index (χ1n) is 10.9. The molecule has 1 atom stereocenters. The van der Waals surface area contributed by atoms with Crippen molar-refractivity contribution in [3.63, 3.8) is 0 Å². The fraction of sp³-hybridized carbons (Fsp3) is 0.320. The third-order valence-electron chi connectivity index (χ3n) is 4.69. The van der Waals surface area contributed by atoms with Crippen molar-refractivity contribution in [2.45, 2.75) is 32.7 Å². The lowest BCUT2D eigenvalue weighted by Gasteiger charge is -2.14. The molecule has 1 aliphatic rings. The molecule has 0 saturated carbocycles. The van der Waals surface area contributed by atoms with Gasteiger partial charge in [-0.3, -0.25) is 4.98 Å². The number of rotatable bonds is 6. The largest absolute Gasteiger partial charge is 0.497 e. The van der Waals surface area contributed by atoms with Crippen molar-refractivity contribution in [3.05, 3.63) is 66.2 Å². The Morgan fingerprint density at radius 2 is 1.91 bits per heavy atom. The highest BCUT2D eigenvalue weighted by Crippen LogP contribution is 2.27. The van der Waals surface area contributed by atoms with E-state index in [-0.39, 0.29) is 0 Å². The summed E-state index contributed by atoms with van der Waals surface area (Å²) in [5.74, 6) is 8.45. The molecule has 166 valence electrons. The van der Waals surface area contributed by atoms with Gasteiger partial charge in [0.15, 0.2) is 5.82 Å². The van der Waals surface area contributed by atoms with Crippen molar-refractivity contribution in [2.24, 2.45) is 0 Å². The number of methoxy groups -OCH3 is 1. The molecular weight excluding hydrogens is 402 g/mol. The number of ether oxygens (including phenoxy) is 2. The molecule has 3 heterocycles. The predicted molar refractivity (Wildman–Crippen MR) is 126 cm³/mol. The van der Waals surface area contributed by atoms with E-state index in [4.69, 9.17) is 9.47 Å². The molecule has 4 rings (SSSR count). The van der Waals surface area contributed by atoms with E-state index in [0.29, 0.717) is 29.2 Å². The molecule has 1 saturated heterocycles. The summed E-state index contributed by atoms with van der Waals surface area (Å²) >= 11 is 0. The van der Waals surface area contributed by atoms with Crippen LogP contribution < -0.4 is 20.1 Å². The van der Waals surface area contributed by atoms with Crippen LogP contribution in [0.3, 0.4) is 0 Å². The molecule has 0 radical (unpaired) electrons. The minimum Gasteiger partial charge on any atom is -0.497 e. The monoisotopic (exact) mass is 431 g/mol. The van der Waals surface area contributed by atoms with Crippen molar-refractivity contribution in [1.82, 2.24) is 20.3 Å². The van der Waals surface area contributed by atoms with Crippen LogP contribution in [0.2, 0.25) is 0 Å². The van der Waals surface area contributed by atoms with Crippen LogP contribution in [0, 0.1) is 11.8 Å². The quantitative estimate of drug-likeness (QED) is 0.564. The Labute approximate surface area is 189 Å². The molecule has 1 fully saturated rings. The van der Waals surface area contributed by atoms with Crippen molar-refractivity contribution in [2.75, 3.05) is 25.5 Å². The molecule has 1 aliphatic heterocycles. The number of hydrogen-bond donors (Lipinski definition) is 2. The minimum atomic E-state index is 0.385. The van der Waals surface area contributed by atoms with E-state index in [0.717, 1.165) is 30.8 Å². The first-order chi connectivity index (χ1) is 15.8. The molecular formula is C25H29N5O2. The number of aromatic nitrogens is 3. The van der Waals surface area contributed by atoms with Gasteiger partial charge in [-0.2, -0.15) is 4.98 Å². The van der Waals surface area contributed by atoms with Gasteiger partial charge >= 0.3 is 0 Å². The zero-order valence-corrected chi connectivity index (χ0v) is 18.8. The second-order valence-electron chi connectivity index (χ2n) is 6.85. The van der Waals surface area contributed by atoms with Crippen molar-refractivity contribution < 1.29 is 9.47 Å². The van der Waals surface area contributed by atoms with Gasteiger partial charge in [0.05, 0.1) is 13.3 Å². The second-order valence-corrected chi connectivity index (χ2v) is 6.85. The third-order valence-corrected chi connectivity index (χ3v) is 4.69. The van der Waals surface area contributed by atoms with Crippen LogP contribution in [0.25, 0.3) is 0 Å². The summed E-state index contributed by atoms with van der Waals surface area (Å²) in [5.41, 5.74) is 1.33. The van der Waals surface area contributed by atoms with Crippen LogP contribution in [-0.4, -0.2) is 41.2 Å². The summed E-state index contributed by atoms with van der Waals surface area (Å²) in [7, 11) is 1.63. The van der Waals surface area contributed by atoms with Crippen LogP contribution >= 0.6 is 0 Å².